The first-order valence-corrected chi connectivity index (χ1v) is 10.3. The molecule has 0 spiro atoms. The molecule has 2 rings (SSSR count). The minimum absolute atomic E-state index is 0.451. The van der Waals surface area contributed by atoms with Crippen molar-refractivity contribution >= 4 is 11.9 Å². The molecule has 0 aliphatic carbocycles. The van der Waals surface area contributed by atoms with Crippen LogP contribution in [-0.4, -0.2) is 73.2 Å². The third-order valence-corrected chi connectivity index (χ3v) is 4.93. The number of aromatic nitrogens is 2. The second-order valence-corrected chi connectivity index (χ2v) is 7.75. The number of hydrogen-bond acceptors (Lipinski definition) is 5. The lowest BCUT2D eigenvalue weighted by Gasteiger charge is -2.34. The van der Waals surface area contributed by atoms with E-state index < -0.39 is 0 Å². The molecular weight excluding hydrogens is 338 g/mol. The molecular formula is C20H37N7. The van der Waals surface area contributed by atoms with Crippen molar-refractivity contribution in [3.63, 3.8) is 0 Å². The van der Waals surface area contributed by atoms with Gasteiger partial charge in [-0.3, -0.25) is 9.89 Å². The number of guanidine groups is 1. The monoisotopic (exact) mass is 375 g/mol. The molecule has 0 aromatic carbocycles. The zero-order valence-electron chi connectivity index (χ0n) is 17.5. The highest BCUT2D eigenvalue weighted by atomic mass is 15.3. The molecule has 1 unspecified atom stereocenters. The Kier molecular flexibility index (Phi) is 9.31. The minimum atomic E-state index is 0.451. The van der Waals surface area contributed by atoms with Gasteiger partial charge in [-0.25, -0.2) is 9.97 Å². The summed E-state index contributed by atoms with van der Waals surface area (Å²) in [6, 6.07) is 2.31. The lowest BCUT2D eigenvalue weighted by Crippen LogP contribution is -2.48. The van der Waals surface area contributed by atoms with Gasteiger partial charge in [-0.05, 0) is 44.7 Å². The second-order valence-electron chi connectivity index (χ2n) is 7.75. The highest BCUT2D eigenvalue weighted by Gasteiger charge is 2.18. The van der Waals surface area contributed by atoms with Crippen LogP contribution in [-0.2, 0) is 0 Å². The maximum Gasteiger partial charge on any atom is 0.225 e. The Morgan fingerprint density at radius 1 is 1.11 bits per heavy atom. The van der Waals surface area contributed by atoms with E-state index in [-0.39, 0.29) is 0 Å². The van der Waals surface area contributed by atoms with Gasteiger partial charge >= 0.3 is 0 Å². The summed E-state index contributed by atoms with van der Waals surface area (Å²) in [5.41, 5.74) is 0. The summed E-state index contributed by atoms with van der Waals surface area (Å²) >= 11 is 0. The average Bonchev–Trinajstić information content (AvgIpc) is 2.69. The van der Waals surface area contributed by atoms with Crippen molar-refractivity contribution in [2.45, 2.75) is 46.1 Å². The number of hydrogen-bond donors (Lipinski definition) is 2. The average molecular weight is 376 g/mol. The smallest absolute Gasteiger partial charge is 0.225 e. The van der Waals surface area contributed by atoms with E-state index in [0.717, 1.165) is 63.5 Å². The molecule has 0 radical (unpaired) electrons. The molecule has 2 heterocycles. The Morgan fingerprint density at radius 3 is 2.44 bits per heavy atom. The van der Waals surface area contributed by atoms with Crippen molar-refractivity contribution in [3.05, 3.63) is 18.5 Å². The van der Waals surface area contributed by atoms with Crippen LogP contribution < -0.4 is 15.5 Å². The maximum atomic E-state index is 4.34. The summed E-state index contributed by atoms with van der Waals surface area (Å²) < 4.78 is 0. The molecule has 1 aliphatic heterocycles. The number of nitrogens with one attached hydrogen (secondary N) is 2. The van der Waals surface area contributed by atoms with E-state index >= 15 is 0 Å². The van der Waals surface area contributed by atoms with Crippen molar-refractivity contribution in [3.8, 4) is 0 Å². The van der Waals surface area contributed by atoms with Crippen molar-refractivity contribution in [1.29, 1.82) is 0 Å². The molecule has 27 heavy (non-hydrogen) atoms. The van der Waals surface area contributed by atoms with E-state index in [1.54, 1.807) is 0 Å². The second kappa shape index (κ2) is 11.7. The van der Waals surface area contributed by atoms with E-state index in [2.05, 4.69) is 56.2 Å². The van der Waals surface area contributed by atoms with Gasteiger partial charge in [0.25, 0.3) is 0 Å². The van der Waals surface area contributed by atoms with Crippen LogP contribution in [0.4, 0.5) is 5.95 Å². The number of piperazine rings is 1. The summed E-state index contributed by atoms with van der Waals surface area (Å²) in [6.45, 7) is 12.9. The van der Waals surface area contributed by atoms with Crippen LogP contribution in [0.3, 0.4) is 0 Å². The fourth-order valence-electron chi connectivity index (χ4n) is 3.22. The van der Waals surface area contributed by atoms with Gasteiger partial charge in [0.05, 0.1) is 0 Å². The fourth-order valence-corrected chi connectivity index (χ4v) is 3.22. The predicted molar refractivity (Wildman–Crippen MR) is 113 cm³/mol. The van der Waals surface area contributed by atoms with E-state index in [1.165, 1.54) is 12.8 Å². The molecule has 0 saturated carbocycles. The number of aliphatic imine (C=N–C) groups is 1. The molecule has 152 valence electrons. The Labute approximate surface area is 164 Å². The predicted octanol–water partition coefficient (Wildman–Crippen LogP) is 1.98. The van der Waals surface area contributed by atoms with E-state index in [1.807, 2.05) is 25.5 Å². The van der Waals surface area contributed by atoms with Gasteiger partial charge in [-0.1, -0.05) is 13.8 Å². The first kappa shape index (κ1) is 21.4. The van der Waals surface area contributed by atoms with Crippen molar-refractivity contribution in [2.24, 2.45) is 10.9 Å². The molecule has 0 amide bonds. The number of nitrogens with zero attached hydrogens (tertiary/aromatic N) is 5. The van der Waals surface area contributed by atoms with Crippen molar-refractivity contribution in [2.75, 3.05) is 51.2 Å². The Hall–Kier alpha value is -1.89. The Bertz CT molecular complexity index is 539. The summed E-state index contributed by atoms with van der Waals surface area (Å²) in [7, 11) is 1.84. The van der Waals surface area contributed by atoms with E-state index in [9.17, 15) is 0 Å². The highest BCUT2D eigenvalue weighted by molar-refractivity contribution is 5.79. The van der Waals surface area contributed by atoms with Gasteiger partial charge < -0.3 is 15.5 Å². The van der Waals surface area contributed by atoms with Crippen molar-refractivity contribution in [1.82, 2.24) is 25.5 Å². The van der Waals surface area contributed by atoms with Crippen LogP contribution >= 0.6 is 0 Å². The normalized spacial score (nSPS) is 17.2. The fraction of sp³-hybridized carbons (Fsp3) is 0.750. The first-order chi connectivity index (χ1) is 13.1. The molecule has 2 N–H and O–H groups in total. The molecule has 1 atom stereocenters. The molecule has 0 bridgehead atoms. The largest absolute Gasteiger partial charge is 0.356 e. The van der Waals surface area contributed by atoms with Crippen LogP contribution in [0.15, 0.2) is 23.5 Å². The van der Waals surface area contributed by atoms with E-state index in [0.29, 0.717) is 6.04 Å². The summed E-state index contributed by atoms with van der Waals surface area (Å²) in [4.78, 5) is 17.8. The van der Waals surface area contributed by atoms with E-state index in [4.69, 9.17) is 0 Å². The molecule has 1 saturated heterocycles. The van der Waals surface area contributed by atoms with Gasteiger partial charge in [-0.2, -0.15) is 0 Å². The van der Waals surface area contributed by atoms with Crippen LogP contribution in [0.1, 0.15) is 40.0 Å². The zero-order chi connectivity index (χ0) is 19.5. The minimum Gasteiger partial charge on any atom is -0.356 e. The van der Waals surface area contributed by atoms with Gasteiger partial charge in [0.1, 0.15) is 0 Å². The lowest BCUT2D eigenvalue weighted by atomic mass is 10.0. The Morgan fingerprint density at radius 2 is 1.81 bits per heavy atom. The topological polar surface area (TPSA) is 68.7 Å². The summed E-state index contributed by atoms with van der Waals surface area (Å²) in [6.07, 6.45) is 7.15. The van der Waals surface area contributed by atoms with Crippen LogP contribution in [0, 0.1) is 5.92 Å². The third-order valence-electron chi connectivity index (χ3n) is 4.93. The van der Waals surface area contributed by atoms with Crippen molar-refractivity contribution < 1.29 is 0 Å². The van der Waals surface area contributed by atoms with Crippen LogP contribution in [0.25, 0.3) is 0 Å². The number of rotatable bonds is 9. The lowest BCUT2D eigenvalue weighted by molar-refractivity contribution is 0.254. The molecule has 7 nitrogen and oxygen atoms in total. The van der Waals surface area contributed by atoms with Gasteiger partial charge in [0, 0.05) is 58.2 Å². The maximum absolute atomic E-state index is 4.34. The summed E-state index contributed by atoms with van der Waals surface area (Å²) in [5.74, 6) is 2.51. The molecule has 1 fully saturated rings. The van der Waals surface area contributed by atoms with Crippen LogP contribution in [0.5, 0.6) is 0 Å². The van der Waals surface area contributed by atoms with Gasteiger partial charge in [-0.15, -0.1) is 0 Å². The zero-order valence-corrected chi connectivity index (χ0v) is 17.5. The third kappa shape index (κ3) is 8.12. The molecule has 1 aliphatic rings. The standard InChI is InChI=1S/C20H37N7/c1-17(2)7-8-18(3)25-19(21-4)22-11-6-12-26-13-15-27(16-14-26)20-23-9-5-10-24-20/h5,9-10,17-18H,6-8,11-16H2,1-4H3,(H2,21,22,25). The van der Waals surface area contributed by atoms with Crippen LogP contribution in [0.2, 0.25) is 0 Å². The molecule has 1 aromatic heterocycles. The Balaban J connectivity index is 1.58. The van der Waals surface area contributed by atoms with Gasteiger partial charge in [0.2, 0.25) is 5.95 Å². The summed E-state index contributed by atoms with van der Waals surface area (Å²) in [5, 5.41) is 6.93. The molecule has 1 aromatic rings. The highest BCUT2D eigenvalue weighted by Crippen LogP contribution is 2.09. The van der Waals surface area contributed by atoms with Gasteiger partial charge in [0.15, 0.2) is 5.96 Å². The first-order valence-electron chi connectivity index (χ1n) is 10.3. The molecule has 7 heteroatoms. The number of anilines is 1. The SMILES string of the molecule is CN=C(NCCCN1CCN(c2ncccn2)CC1)NC(C)CCC(C)C. The quantitative estimate of drug-likeness (QED) is 0.391.